The maximum absolute atomic E-state index is 12.5. The van der Waals surface area contributed by atoms with E-state index in [1.807, 2.05) is 4.90 Å². The molecule has 0 aromatic heterocycles. The van der Waals surface area contributed by atoms with Crippen molar-refractivity contribution in [2.75, 3.05) is 26.1 Å². The van der Waals surface area contributed by atoms with E-state index in [1.54, 1.807) is 13.3 Å². The highest BCUT2D eigenvalue weighted by molar-refractivity contribution is 7.38. The summed E-state index contributed by atoms with van der Waals surface area (Å²) >= 11 is 0. The lowest BCUT2D eigenvalue weighted by atomic mass is 10.1. The summed E-state index contributed by atoms with van der Waals surface area (Å²) < 4.78 is 21.9. The van der Waals surface area contributed by atoms with Crippen LogP contribution < -0.4 is 5.32 Å². The number of hydrogen-bond donors (Lipinski definition) is 1. The van der Waals surface area contributed by atoms with E-state index in [9.17, 15) is 9.36 Å². The highest BCUT2D eigenvalue weighted by Gasteiger charge is 2.36. The van der Waals surface area contributed by atoms with Crippen molar-refractivity contribution >= 4 is 32.4 Å². The number of allylic oxidation sites excluding steroid dienone is 2. The first kappa shape index (κ1) is 32.3. The second-order valence-electron chi connectivity index (χ2n) is 9.81. The van der Waals surface area contributed by atoms with Crippen molar-refractivity contribution < 1.29 is 18.6 Å². The Labute approximate surface area is 230 Å². The summed E-state index contributed by atoms with van der Waals surface area (Å²) in [7, 11) is -1.78. The van der Waals surface area contributed by atoms with Crippen LogP contribution in [-0.2, 0) is 18.6 Å². The monoisotopic (exact) mass is 550 g/mol. The maximum atomic E-state index is 12.5. The minimum absolute atomic E-state index is 0.0212. The van der Waals surface area contributed by atoms with Crippen LogP contribution in [0.1, 0.15) is 104 Å². The first-order chi connectivity index (χ1) is 18.7. The predicted molar refractivity (Wildman–Crippen MR) is 156 cm³/mol. The van der Waals surface area contributed by atoms with E-state index in [0.29, 0.717) is 32.0 Å². The van der Waals surface area contributed by atoms with Gasteiger partial charge >= 0.3 is 8.03 Å². The third-order valence-corrected chi connectivity index (χ3v) is 7.53. The second kappa shape index (κ2) is 20.9. The van der Waals surface area contributed by atoms with Crippen LogP contribution in [0.15, 0.2) is 27.1 Å². The molecule has 0 aliphatic carbocycles. The Morgan fingerprint density at radius 3 is 2.39 bits per heavy atom. The summed E-state index contributed by atoms with van der Waals surface area (Å²) in [6, 6.07) is -0.321. The number of amidine groups is 1. The highest BCUT2D eigenvalue weighted by atomic mass is 31.1. The number of carbonyl (C=O) groups is 1. The van der Waals surface area contributed by atoms with Gasteiger partial charge in [0.25, 0.3) is 6.35 Å². The van der Waals surface area contributed by atoms with Crippen LogP contribution in [0.5, 0.6) is 0 Å². The van der Waals surface area contributed by atoms with Gasteiger partial charge in [0.2, 0.25) is 5.91 Å². The molecule has 2 heterocycles. The Kier molecular flexibility index (Phi) is 17.8. The molecule has 1 N–H and O–H groups in total. The molecule has 0 aromatic carbocycles. The highest BCUT2D eigenvalue weighted by Crippen LogP contribution is 2.22. The summed E-state index contributed by atoms with van der Waals surface area (Å²) in [5, 5.41) is 2.94. The van der Waals surface area contributed by atoms with Gasteiger partial charge in [0.1, 0.15) is 18.2 Å². The molecule has 1 amide bonds. The molecule has 0 radical (unpaired) electrons. The number of nitrogens with zero attached hydrogens (tertiary/aromatic N) is 4. The lowest BCUT2D eigenvalue weighted by molar-refractivity contribution is -0.119. The normalized spacial score (nSPS) is 18.7. The van der Waals surface area contributed by atoms with Crippen molar-refractivity contribution in [1.82, 2.24) is 10.2 Å². The number of carbonyl (C=O) groups excluding carboxylic acids is 1. The van der Waals surface area contributed by atoms with Crippen LogP contribution >= 0.6 is 8.03 Å². The number of amides is 1. The summed E-state index contributed by atoms with van der Waals surface area (Å²) in [6.07, 6.45) is 24.3. The van der Waals surface area contributed by atoms with E-state index < -0.39 is 8.03 Å². The molecule has 0 bridgehead atoms. The number of rotatable bonds is 22. The molecule has 0 fully saturated rings. The molecule has 10 heteroatoms. The van der Waals surface area contributed by atoms with Crippen molar-refractivity contribution in [2.45, 2.75) is 116 Å². The molecule has 3 unspecified atom stereocenters. The molecule has 38 heavy (non-hydrogen) atoms. The molecule has 2 aliphatic rings. The zero-order valence-electron chi connectivity index (χ0n) is 23.6. The molecule has 214 valence electrons. The van der Waals surface area contributed by atoms with Gasteiger partial charge in [0, 0.05) is 13.0 Å². The fraction of sp³-hybridized carbons (Fsp3) is 0.786. The lowest BCUT2D eigenvalue weighted by Gasteiger charge is -2.26. The number of nitrogens with one attached hydrogen (secondary N) is 1. The first-order valence-electron chi connectivity index (χ1n) is 14.6. The molecule has 0 spiro atoms. The van der Waals surface area contributed by atoms with Crippen LogP contribution in [0.4, 0.5) is 0 Å². The molecule has 0 saturated heterocycles. The molecular formula is C28H49N5O4P+. The van der Waals surface area contributed by atoms with Gasteiger partial charge in [-0.15, -0.1) is 4.52 Å². The van der Waals surface area contributed by atoms with E-state index >= 15 is 0 Å². The van der Waals surface area contributed by atoms with Crippen molar-refractivity contribution in [2.24, 2.45) is 15.0 Å². The Balaban J connectivity index is 1.49. The summed E-state index contributed by atoms with van der Waals surface area (Å²) in [4.78, 5) is 27.6. The van der Waals surface area contributed by atoms with Crippen molar-refractivity contribution in [3.8, 4) is 0 Å². The van der Waals surface area contributed by atoms with Gasteiger partial charge in [0.15, 0.2) is 6.17 Å². The van der Waals surface area contributed by atoms with Gasteiger partial charge in [0.05, 0.1) is 19.6 Å². The van der Waals surface area contributed by atoms with Gasteiger partial charge in [-0.2, -0.15) is 0 Å². The van der Waals surface area contributed by atoms with Crippen molar-refractivity contribution in [3.05, 3.63) is 12.2 Å². The third kappa shape index (κ3) is 13.7. The van der Waals surface area contributed by atoms with Crippen LogP contribution in [0.2, 0.25) is 0 Å². The topological polar surface area (TPSA) is 105 Å². The second-order valence-corrected chi connectivity index (χ2v) is 11.0. The summed E-state index contributed by atoms with van der Waals surface area (Å²) in [6.45, 7) is 5.39. The minimum atomic E-state index is -1.78. The summed E-state index contributed by atoms with van der Waals surface area (Å²) in [5.41, 5.74) is 0. The minimum Gasteiger partial charge on any atom is -0.336 e. The lowest BCUT2D eigenvalue weighted by Crippen LogP contribution is -2.48. The molecule has 9 nitrogen and oxygen atoms in total. The Hall–Kier alpha value is -1.96. The average molecular weight is 551 g/mol. The quantitative estimate of drug-likeness (QED) is 0.0958. The largest absolute Gasteiger partial charge is 0.537 e. The SMILES string of the molecule is CCCCCCCC/C=C\CCCCCCCC(=O)NC1=NC=NC2C1N=CN2CCOC[P+](=O)OCC. The molecule has 2 aliphatic heterocycles. The number of unbranched alkanes of at least 4 members (excludes halogenated alkanes) is 11. The van der Waals surface area contributed by atoms with Crippen LogP contribution in [-0.4, -0.2) is 67.6 Å². The number of hydrogen-bond acceptors (Lipinski definition) is 8. The molecule has 0 aromatic rings. The third-order valence-electron chi connectivity index (χ3n) is 6.59. The van der Waals surface area contributed by atoms with E-state index in [4.69, 9.17) is 9.26 Å². The van der Waals surface area contributed by atoms with Gasteiger partial charge in [-0.1, -0.05) is 70.4 Å². The molecule has 0 saturated carbocycles. The fourth-order valence-corrected chi connectivity index (χ4v) is 5.09. The molecule has 3 atom stereocenters. The van der Waals surface area contributed by atoms with Crippen molar-refractivity contribution in [1.29, 1.82) is 0 Å². The van der Waals surface area contributed by atoms with Gasteiger partial charge in [-0.25, -0.2) is 9.98 Å². The van der Waals surface area contributed by atoms with Gasteiger partial charge < -0.3 is 15.0 Å². The smallest absolute Gasteiger partial charge is 0.336 e. The Morgan fingerprint density at radius 1 is 1.00 bits per heavy atom. The first-order valence-corrected chi connectivity index (χ1v) is 16.0. The predicted octanol–water partition coefficient (Wildman–Crippen LogP) is 6.37. The van der Waals surface area contributed by atoms with E-state index in [0.717, 1.165) is 25.7 Å². The zero-order valence-corrected chi connectivity index (χ0v) is 24.5. The van der Waals surface area contributed by atoms with Crippen LogP contribution in [0.3, 0.4) is 0 Å². The van der Waals surface area contributed by atoms with Crippen LogP contribution in [0.25, 0.3) is 0 Å². The standard InChI is InChI=1S/C28H48N5O4P/c1-3-5-6-7-8-9-10-11-12-13-14-15-16-17-18-19-25(34)32-27-26-28(30-22-29-27)33(23-31-26)20-21-36-24-38(35)37-4-2/h11-12,22-23,26,28H,3-10,13-21,24H2,1-2H3/p+1/b12-11-. The van der Waals surface area contributed by atoms with Gasteiger partial charge in [-0.05, 0) is 43.6 Å². The maximum Gasteiger partial charge on any atom is 0.537 e. The van der Waals surface area contributed by atoms with Crippen molar-refractivity contribution in [3.63, 3.8) is 0 Å². The molecular weight excluding hydrogens is 501 g/mol. The van der Waals surface area contributed by atoms with E-state index in [-0.39, 0.29) is 24.5 Å². The van der Waals surface area contributed by atoms with Crippen LogP contribution in [0, 0.1) is 0 Å². The van der Waals surface area contributed by atoms with E-state index in [2.05, 4.69) is 39.4 Å². The van der Waals surface area contributed by atoms with Gasteiger partial charge in [-0.3, -0.25) is 9.79 Å². The Morgan fingerprint density at radius 2 is 1.68 bits per heavy atom. The number of fused-ring (bicyclic) bond motifs is 1. The zero-order chi connectivity index (χ0) is 27.3. The van der Waals surface area contributed by atoms with E-state index in [1.165, 1.54) is 64.1 Å². The molecule has 2 rings (SSSR count). The number of aliphatic imine (C=N–C) groups is 3. The number of ether oxygens (including phenoxy) is 1. The fourth-order valence-electron chi connectivity index (χ4n) is 4.45. The Bertz CT molecular complexity index is 802. The summed E-state index contributed by atoms with van der Waals surface area (Å²) in [5.74, 6) is 0.522. The average Bonchev–Trinajstić information content (AvgIpc) is 3.33.